The average Bonchev–Trinajstić information content (AvgIpc) is 3.05. The molecule has 4 atom stereocenters. The fourth-order valence-corrected chi connectivity index (χ4v) is 5.17. The number of hydrogen-bond acceptors (Lipinski definition) is 5. The number of pyridine rings is 1. The van der Waals surface area contributed by atoms with Gasteiger partial charge in [0.1, 0.15) is 5.75 Å². The summed E-state index contributed by atoms with van der Waals surface area (Å²) in [5.41, 5.74) is 4.42. The second kappa shape index (κ2) is 6.50. The van der Waals surface area contributed by atoms with Gasteiger partial charge in [-0.1, -0.05) is 12.1 Å². The molecule has 1 aromatic carbocycles. The van der Waals surface area contributed by atoms with Gasteiger partial charge in [-0.3, -0.25) is 9.88 Å². The largest absolute Gasteiger partial charge is 0.498 e. The Labute approximate surface area is 159 Å². The van der Waals surface area contributed by atoms with Gasteiger partial charge >= 0.3 is 0 Å². The first-order valence-corrected chi connectivity index (χ1v) is 9.94. The molecule has 0 saturated carbocycles. The van der Waals surface area contributed by atoms with Crippen molar-refractivity contribution in [3.8, 4) is 5.75 Å². The number of rotatable bonds is 3. The predicted molar refractivity (Wildman–Crippen MR) is 103 cm³/mol. The summed E-state index contributed by atoms with van der Waals surface area (Å²) >= 11 is 0. The van der Waals surface area contributed by atoms with E-state index in [2.05, 4.69) is 24.0 Å². The molecule has 5 nitrogen and oxygen atoms in total. The minimum absolute atomic E-state index is 0.0722. The van der Waals surface area contributed by atoms with Crippen LogP contribution in [0.3, 0.4) is 0 Å². The number of aliphatic hydroxyl groups is 1. The lowest BCUT2D eigenvalue weighted by Gasteiger charge is -2.45. The monoisotopic (exact) mass is 366 g/mol. The molecule has 0 aliphatic carbocycles. The summed E-state index contributed by atoms with van der Waals surface area (Å²) in [5, 5.41) is 10.9. The molecule has 1 fully saturated rings. The molecule has 1 saturated heterocycles. The highest BCUT2D eigenvalue weighted by atomic mass is 16.5. The van der Waals surface area contributed by atoms with Gasteiger partial charge in [0.2, 0.25) is 0 Å². The molecule has 1 aromatic heterocycles. The fraction of sp³-hybridized carbons (Fsp3) is 0.500. The number of hydrogen-bond donors (Lipinski definition) is 1. The van der Waals surface area contributed by atoms with Crippen LogP contribution in [-0.4, -0.2) is 40.9 Å². The molecule has 0 unspecified atom stereocenters. The van der Waals surface area contributed by atoms with E-state index >= 15 is 0 Å². The maximum absolute atomic E-state index is 9.81. The summed E-state index contributed by atoms with van der Waals surface area (Å²) < 4.78 is 11.9. The zero-order valence-electron chi connectivity index (χ0n) is 15.9. The summed E-state index contributed by atoms with van der Waals surface area (Å²) in [7, 11) is 0. The first kappa shape index (κ1) is 17.0. The van der Waals surface area contributed by atoms with Crippen molar-refractivity contribution in [1.82, 2.24) is 9.88 Å². The van der Waals surface area contributed by atoms with Gasteiger partial charge in [-0.25, -0.2) is 0 Å². The van der Waals surface area contributed by atoms with Crippen LogP contribution in [0.1, 0.15) is 37.6 Å². The molecule has 0 amide bonds. The van der Waals surface area contributed by atoms with Crippen molar-refractivity contribution in [3.63, 3.8) is 0 Å². The Morgan fingerprint density at radius 1 is 1.33 bits per heavy atom. The lowest BCUT2D eigenvalue weighted by molar-refractivity contribution is -0.0206. The van der Waals surface area contributed by atoms with E-state index in [4.69, 9.17) is 14.5 Å². The van der Waals surface area contributed by atoms with Gasteiger partial charge in [-0.05, 0) is 43.9 Å². The number of piperidine rings is 1. The Bertz CT molecular complexity index is 910. The van der Waals surface area contributed by atoms with E-state index in [1.807, 2.05) is 19.1 Å². The third kappa shape index (κ3) is 2.56. The Balaban J connectivity index is 1.59. The standard InChI is InChI=1S/C22H26N2O3/c1-3-26-22-15-6-4-5-7-19(15)23-21-18(22)10-24-9-17-13(2)27-12-14(11-25)16(17)8-20(21)24/h4-7,12-13,16-17,20,25H,3,8-11H2,1-2H3/t13-,16+,17-,20-/m0/s1. The highest BCUT2D eigenvalue weighted by Crippen LogP contribution is 2.50. The zero-order chi connectivity index (χ0) is 18.5. The third-order valence-corrected chi connectivity index (χ3v) is 6.51. The van der Waals surface area contributed by atoms with Crippen molar-refractivity contribution in [2.75, 3.05) is 19.8 Å². The van der Waals surface area contributed by atoms with Crippen molar-refractivity contribution < 1.29 is 14.6 Å². The number of nitrogens with zero attached hydrogens (tertiary/aromatic N) is 2. The SMILES string of the molecule is CCOc1c2c(nc3ccccc13)[C@@H]1C[C@@H]3C(CO)=CO[C@@H](C)[C@@H]3CN1C2. The minimum Gasteiger partial charge on any atom is -0.498 e. The highest BCUT2D eigenvalue weighted by Gasteiger charge is 2.47. The summed E-state index contributed by atoms with van der Waals surface area (Å²) in [4.78, 5) is 7.58. The maximum atomic E-state index is 9.81. The van der Waals surface area contributed by atoms with E-state index in [9.17, 15) is 5.11 Å². The van der Waals surface area contributed by atoms with E-state index in [1.165, 1.54) is 5.56 Å². The van der Waals surface area contributed by atoms with Gasteiger partial charge in [0.05, 0.1) is 42.8 Å². The molecule has 0 bridgehead atoms. The molecule has 0 spiro atoms. The van der Waals surface area contributed by atoms with Gasteiger partial charge in [-0.15, -0.1) is 0 Å². The van der Waals surface area contributed by atoms with Crippen LogP contribution in [0.2, 0.25) is 0 Å². The molecule has 3 aliphatic heterocycles. The lowest BCUT2D eigenvalue weighted by atomic mass is 9.74. The van der Waals surface area contributed by atoms with Crippen LogP contribution in [0.4, 0.5) is 0 Å². The van der Waals surface area contributed by atoms with Crippen LogP contribution in [0.15, 0.2) is 36.1 Å². The highest BCUT2D eigenvalue weighted by molar-refractivity contribution is 5.87. The molecule has 5 rings (SSSR count). The van der Waals surface area contributed by atoms with Crippen molar-refractivity contribution in [1.29, 1.82) is 0 Å². The summed E-state index contributed by atoms with van der Waals surface area (Å²) in [6.07, 6.45) is 2.94. The Morgan fingerprint density at radius 2 is 2.19 bits per heavy atom. The maximum Gasteiger partial charge on any atom is 0.135 e. The molecule has 27 heavy (non-hydrogen) atoms. The number of fused-ring (bicyclic) bond motifs is 5. The number of ether oxygens (including phenoxy) is 2. The van der Waals surface area contributed by atoms with Gasteiger partial charge in [0, 0.05) is 30.0 Å². The van der Waals surface area contributed by atoms with E-state index < -0.39 is 0 Å². The molecule has 4 heterocycles. The molecule has 0 radical (unpaired) electrons. The first-order chi connectivity index (χ1) is 13.2. The smallest absolute Gasteiger partial charge is 0.135 e. The fourth-order valence-electron chi connectivity index (χ4n) is 5.17. The lowest BCUT2D eigenvalue weighted by Crippen LogP contribution is -2.46. The summed E-state index contributed by atoms with van der Waals surface area (Å²) in [5.74, 6) is 1.76. The number of benzene rings is 1. The summed E-state index contributed by atoms with van der Waals surface area (Å²) in [6.45, 7) is 6.74. The molecular weight excluding hydrogens is 340 g/mol. The molecule has 5 heteroatoms. The number of para-hydroxylation sites is 1. The zero-order valence-corrected chi connectivity index (χ0v) is 15.9. The molecule has 2 aromatic rings. The molecule has 1 N–H and O–H groups in total. The van der Waals surface area contributed by atoms with Crippen LogP contribution in [0, 0.1) is 11.8 Å². The van der Waals surface area contributed by atoms with E-state index in [1.54, 1.807) is 6.26 Å². The van der Waals surface area contributed by atoms with Crippen molar-refractivity contribution in [2.45, 2.75) is 39.0 Å². The van der Waals surface area contributed by atoms with Gasteiger partial charge in [-0.2, -0.15) is 0 Å². The third-order valence-electron chi connectivity index (χ3n) is 6.51. The normalized spacial score (nSPS) is 29.5. The van der Waals surface area contributed by atoms with Gasteiger partial charge in [0.15, 0.2) is 0 Å². The number of aliphatic hydroxyl groups excluding tert-OH is 1. The molecule has 142 valence electrons. The van der Waals surface area contributed by atoms with Crippen LogP contribution in [0.25, 0.3) is 10.9 Å². The van der Waals surface area contributed by atoms with Crippen molar-refractivity contribution in [3.05, 3.63) is 47.4 Å². The quantitative estimate of drug-likeness (QED) is 0.902. The van der Waals surface area contributed by atoms with E-state index in [0.29, 0.717) is 18.4 Å². The number of aromatic nitrogens is 1. The van der Waals surface area contributed by atoms with Gasteiger partial charge in [0.25, 0.3) is 0 Å². The van der Waals surface area contributed by atoms with Crippen LogP contribution >= 0.6 is 0 Å². The topological polar surface area (TPSA) is 54.8 Å². The Hall–Kier alpha value is -2.11. The van der Waals surface area contributed by atoms with Crippen molar-refractivity contribution in [2.24, 2.45) is 11.8 Å². The van der Waals surface area contributed by atoms with Gasteiger partial charge < -0.3 is 14.6 Å². The van der Waals surface area contributed by atoms with Crippen molar-refractivity contribution >= 4 is 10.9 Å². The van der Waals surface area contributed by atoms with E-state index in [0.717, 1.165) is 47.4 Å². The Morgan fingerprint density at radius 3 is 3.00 bits per heavy atom. The molecule has 3 aliphatic rings. The second-order valence-corrected chi connectivity index (χ2v) is 7.90. The first-order valence-electron chi connectivity index (χ1n) is 9.94. The minimum atomic E-state index is 0.0722. The van der Waals surface area contributed by atoms with Crippen LogP contribution < -0.4 is 4.74 Å². The second-order valence-electron chi connectivity index (χ2n) is 7.90. The predicted octanol–water partition coefficient (Wildman–Crippen LogP) is 3.42. The van der Waals surface area contributed by atoms with Crippen LogP contribution in [0.5, 0.6) is 5.75 Å². The summed E-state index contributed by atoms with van der Waals surface area (Å²) in [6, 6.07) is 8.54. The average molecular weight is 366 g/mol. The van der Waals surface area contributed by atoms with E-state index in [-0.39, 0.29) is 18.8 Å². The molecular formula is C22H26N2O3. The van der Waals surface area contributed by atoms with Crippen LogP contribution in [-0.2, 0) is 11.3 Å². The Kier molecular flexibility index (Phi) is 4.10.